The van der Waals surface area contributed by atoms with Crippen molar-refractivity contribution in [2.24, 2.45) is 34.5 Å². The van der Waals surface area contributed by atoms with Crippen LogP contribution in [0.4, 0.5) is 0 Å². The molecule has 226 valence electrons. The van der Waals surface area contributed by atoms with Crippen LogP contribution in [0.1, 0.15) is 118 Å². The number of ether oxygens (including phenoxy) is 2. The van der Waals surface area contributed by atoms with E-state index in [4.69, 9.17) is 9.47 Å². The van der Waals surface area contributed by atoms with Crippen LogP contribution in [-0.4, -0.2) is 72.2 Å². The molecule has 0 aromatic carbocycles. The zero-order valence-corrected chi connectivity index (χ0v) is 25.9. The lowest BCUT2D eigenvalue weighted by molar-refractivity contribution is -0.180. The minimum absolute atomic E-state index is 0.0140. The minimum atomic E-state index is -0.111. The highest BCUT2D eigenvalue weighted by atomic mass is 16.5. The Hall–Kier alpha value is -1.14. The van der Waals surface area contributed by atoms with E-state index < -0.39 is 0 Å². The van der Waals surface area contributed by atoms with Gasteiger partial charge in [0.25, 0.3) is 0 Å². The standard InChI is InChI=1S/C34H56N2O4/c1-5-31(38)40-32-28(35-16-8-6-9-17-35)21-27-25-13-12-24-20-30(39-23(2)37)29(36-18-10-7-11-19-36)22-34(24,4)26(25)14-15-33(27,32)3/h24-30,32H,5-22H2,1-4H3/t24-,25+,26-,27-,28-,29-,30-,32+,33-,34-/m0/s1. The van der Waals surface area contributed by atoms with Gasteiger partial charge in [-0.25, -0.2) is 0 Å². The van der Waals surface area contributed by atoms with Crippen LogP contribution in [0, 0.1) is 34.5 Å². The Kier molecular flexibility index (Phi) is 8.33. The third-order valence-corrected chi connectivity index (χ3v) is 13.2. The van der Waals surface area contributed by atoms with Gasteiger partial charge in [-0.3, -0.25) is 19.4 Å². The first-order valence-corrected chi connectivity index (χ1v) is 17.1. The molecule has 2 heterocycles. The van der Waals surface area contributed by atoms with Crippen molar-refractivity contribution in [3.8, 4) is 0 Å². The van der Waals surface area contributed by atoms with E-state index in [1.165, 1.54) is 77.0 Å². The van der Waals surface area contributed by atoms with Gasteiger partial charge in [0.05, 0.1) is 0 Å². The molecule has 10 atom stereocenters. The van der Waals surface area contributed by atoms with Gasteiger partial charge in [-0.15, -0.1) is 0 Å². The lowest BCUT2D eigenvalue weighted by Crippen LogP contribution is -2.61. The molecule has 0 radical (unpaired) electrons. The maximum absolute atomic E-state index is 12.7. The van der Waals surface area contributed by atoms with Crippen molar-refractivity contribution in [3.63, 3.8) is 0 Å². The number of piperidine rings is 2. The summed E-state index contributed by atoms with van der Waals surface area (Å²) >= 11 is 0. The minimum Gasteiger partial charge on any atom is -0.461 e. The molecule has 6 fully saturated rings. The van der Waals surface area contributed by atoms with E-state index in [0.717, 1.165) is 38.5 Å². The molecule has 0 bridgehead atoms. The molecular formula is C34H56N2O4. The first kappa shape index (κ1) is 29.0. The van der Waals surface area contributed by atoms with Crippen LogP contribution in [0.5, 0.6) is 0 Å². The summed E-state index contributed by atoms with van der Waals surface area (Å²) in [5.41, 5.74) is 0.375. The predicted octanol–water partition coefficient (Wildman–Crippen LogP) is 6.21. The number of hydrogen-bond acceptors (Lipinski definition) is 6. The van der Waals surface area contributed by atoms with Crippen molar-refractivity contribution in [1.82, 2.24) is 9.80 Å². The molecule has 0 N–H and O–H groups in total. The van der Waals surface area contributed by atoms with Crippen LogP contribution >= 0.6 is 0 Å². The van der Waals surface area contributed by atoms with Crippen molar-refractivity contribution in [1.29, 1.82) is 0 Å². The number of esters is 2. The molecule has 0 amide bonds. The van der Waals surface area contributed by atoms with E-state index in [1.54, 1.807) is 6.92 Å². The summed E-state index contributed by atoms with van der Waals surface area (Å²) in [6.45, 7) is 13.3. The zero-order chi connectivity index (χ0) is 28.1. The average Bonchev–Trinajstić information content (AvgIpc) is 3.25. The molecule has 0 unspecified atom stereocenters. The van der Waals surface area contributed by atoms with E-state index in [0.29, 0.717) is 41.7 Å². The van der Waals surface area contributed by atoms with Gasteiger partial charge in [-0.2, -0.15) is 0 Å². The molecule has 0 aromatic rings. The predicted molar refractivity (Wildman–Crippen MR) is 157 cm³/mol. The van der Waals surface area contributed by atoms with Gasteiger partial charge in [0.15, 0.2) is 0 Å². The van der Waals surface area contributed by atoms with Gasteiger partial charge in [0, 0.05) is 30.8 Å². The first-order chi connectivity index (χ1) is 19.2. The Labute approximate surface area is 243 Å². The Bertz CT molecular complexity index is 929. The molecule has 2 saturated heterocycles. The molecule has 6 rings (SSSR count). The number of carbonyl (C=O) groups excluding carboxylic acids is 2. The Balaban J connectivity index is 1.27. The van der Waals surface area contributed by atoms with Crippen LogP contribution in [-0.2, 0) is 19.1 Å². The molecular weight excluding hydrogens is 500 g/mol. The molecule has 40 heavy (non-hydrogen) atoms. The fourth-order valence-corrected chi connectivity index (χ4v) is 11.2. The molecule has 6 aliphatic rings. The third-order valence-electron chi connectivity index (χ3n) is 13.2. The van der Waals surface area contributed by atoms with Crippen LogP contribution in [0.2, 0.25) is 0 Å². The monoisotopic (exact) mass is 556 g/mol. The summed E-state index contributed by atoms with van der Waals surface area (Å²) in [6.07, 6.45) is 16.7. The maximum Gasteiger partial charge on any atom is 0.305 e. The number of nitrogens with zero attached hydrogens (tertiary/aromatic N) is 2. The summed E-state index contributed by atoms with van der Waals surface area (Å²) in [5.74, 6) is 2.57. The first-order valence-electron chi connectivity index (χ1n) is 17.1. The highest BCUT2D eigenvalue weighted by molar-refractivity contribution is 5.69. The highest BCUT2D eigenvalue weighted by Gasteiger charge is 2.65. The number of carbonyl (C=O) groups is 2. The fraction of sp³-hybridized carbons (Fsp3) is 0.941. The summed E-state index contributed by atoms with van der Waals surface area (Å²) < 4.78 is 12.5. The molecule has 2 aliphatic heterocycles. The van der Waals surface area contributed by atoms with E-state index in [-0.39, 0.29) is 29.6 Å². The molecule has 4 saturated carbocycles. The Morgan fingerprint density at radius 3 is 2.05 bits per heavy atom. The van der Waals surface area contributed by atoms with Gasteiger partial charge < -0.3 is 9.47 Å². The van der Waals surface area contributed by atoms with Crippen LogP contribution in [0.25, 0.3) is 0 Å². The topological polar surface area (TPSA) is 59.1 Å². The summed E-state index contributed by atoms with van der Waals surface area (Å²) in [5, 5.41) is 0. The maximum atomic E-state index is 12.7. The lowest BCUT2D eigenvalue weighted by atomic mass is 9.44. The van der Waals surface area contributed by atoms with E-state index in [2.05, 4.69) is 23.6 Å². The average molecular weight is 557 g/mol. The van der Waals surface area contributed by atoms with E-state index in [1.807, 2.05) is 6.92 Å². The van der Waals surface area contributed by atoms with Crippen LogP contribution < -0.4 is 0 Å². The van der Waals surface area contributed by atoms with Gasteiger partial charge >= 0.3 is 11.9 Å². The molecule has 6 nitrogen and oxygen atoms in total. The van der Waals surface area contributed by atoms with Gasteiger partial charge in [0.1, 0.15) is 12.2 Å². The number of likely N-dealkylation sites (tertiary alicyclic amines) is 2. The van der Waals surface area contributed by atoms with E-state index in [9.17, 15) is 9.59 Å². The summed E-state index contributed by atoms with van der Waals surface area (Å²) in [6, 6.07) is 0.747. The van der Waals surface area contributed by atoms with Gasteiger partial charge in [-0.1, -0.05) is 33.6 Å². The van der Waals surface area contributed by atoms with Crippen molar-refractivity contribution in [2.75, 3.05) is 26.2 Å². The second-order valence-electron chi connectivity index (χ2n) is 15.1. The van der Waals surface area contributed by atoms with Crippen molar-refractivity contribution in [2.45, 2.75) is 142 Å². The quantitative estimate of drug-likeness (QED) is 0.375. The van der Waals surface area contributed by atoms with Crippen molar-refractivity contribution < 1.29 is 19.1 Å². The number of fused-ring (bicyclic) bond motifs is 5. The van der Waals surface area contributed by atoms with Gasteiger partial charge in [-0.05, 0) is 126 Å². The molecule has 4 aliphatic carbocycles. The SMILES string of the molecule is CCC(=O)O[C@@H]1[C@@H](N2CCCCC2)C[C@H]2[C@@H]3CC[C@H]4C[C@H](OC(C)=O)[C@@H](N5CCCCC5)C[C@]4(C)[C@H]3CC[C@]12C. The Morgan fingerprint density at radius 1 is 0.775 bits per heavy atom. The Morgan fingerprint density at radius 2 is 1.43 bits per heavy atom. The van der Waals surface area contributed by atoms with Crippen LogP contribution in [0.15, 0.2) is 0 Å². The zero-order valence-electron chi connectivity index (χ0n) is 25.9. The van der Waals surface area contributed by atoms with Crippen molar-refractivity contribution in [3.05, 3.63) is 0 Å². The second-order valence-corrected chi connectivity index (χ2v) is 15.1. The third kappa shape index (κ3) is 5.05. The normalized spacial score (nSPS) is 46.1. The largest absolute Gasteiger partial charge is 0.461 e. The molecule has 0 aromatic heterocycles. The molecule has 0 spiro atoms. The van der Waals surface area contributed by atoms with Crippen LogP contribution in [0.3, 0.4) is 0 Å². The lowest BCUT2D eigenvalue weighted by Gasteiger charge is -2.62. The van der Waals surface area contributed by atoms with E-state index >= 15 is 0 Å². The number of rotatable bonds is 5. The molecule has 6 heteroatoms. The highest BCUT2D eigenvalue weighted by Crippen LogP contribution is 2.67. The second kappa shape index (κ2) is 11.5. The van der Waals surface area contributed by atoms with Gasteiger partial charge in [0.2, 0.25) is 0 Å². The summed E-state index contributed by atoms with van der Waals surface area (Å²) in [7, 11) is 0. The fourth-order valence-electron chi connectivity index (χ4n) is 11.2. The number of hydrogen-bond donors (Lipinski definition) is 0. The van der Waals surface area contributed by atoms with Crippen molar-refractivity contribution >= 4 is 11.9 Å². The summed E-state index contributed by atoms with van der Waals surface area (Å²) in [4.78, 5) is 30.3. The smallest absolute Gasteiger partial charge is 0.305 e.